The largest absolute Gasteiger partial charge is 0.384 e. The van der Waals surface area contributed by atoms with Gasteiger partial charge in [-0.05, 0) is 30.3 Å². The molecule has 0 spiro atoms. The molecule has 0 radical (unpaired) electrons. The van der Waals surface area contributed by atoms with Crippen LogP contribution in [-0.2, 0) is 0 Å². The molecule has 5 heteroatoms. The van der Waals surface area contributed by atoms with Gasteiger partial charge in [0.2, 0.25) is 0 Å². The third-order valence-corrected chi connectivity index (χ3v) is 3.03. The van der Waals surface area contributed by atoms with Crippen LogP contribution in [0.3, 0.4) is 0 Å². The van der Waals surface area contributed by atoms with Gasteiger partial charge in [-0.15, -0.1) is 0 Å². The maximum absolute atomic E-state index is 12.3. The minimum Gasteiger partial charge on any atom is -0.384 e. The van der Waals surface area contributed by atoms with E-state index in [1.165, 1.54) is 0 Å². The van der Waals surface area contributed by atoms with Crippen LogP contribution in [0.4, 0.5) is 5.69 Å². The Bertz CT molecular complexity index is 712. The summed E-state index contributed by atoms with van der Waals surface area (Å²) in [5.41, 5.74) is 1.45. The maximum atomic E-state index is 12.3. The summed E-state index contributed by atoms with van der Waals surface area (Å²) in [6, 6.07) is 11.7. The summed E-state index contributed by atoms with van der Waals surface area (Å²) in [5, 5.41) is 12.3. The van der Waals surface area contributed by atoms with Crippen molar-refractivity contribution in [1.82, 2.24) is 0 Å². The first-order valence-electron chi connectivity index (χ1n) is 6.06. The molecule has 0 saturated heterocycles. The number of carbonyl (C=O) groups excluding carboxylic acids is 1. The molecule has 2 rings (SSSR count). The average molecular weight is 320 g/mol. The van der Waals surface area contributed by atoms with Gasteiger partial charge < -0.3 is 10.4 Å². The number of rotatable bonds is 2. The molecule has 2 aromatic carbocycles. The summed E-state index contributed by atoms with van der Waals surface area (Å²) in [5.74, 6) is 4.94. The molecule has 1 amide bonds. The third-order valence-electron chi connectivity index (χ3n) is 2.59. The van der Waals surface area contributed by atoms with Crippen molar-refractivity contribution in [2.45, 2.75) is 0 Å². The van der Waals surface area contributed by atoms with Crippen molar-refractivity contribution in [3.05, 3.63) is 63.6 Å². The molecular formula is C16H11Cl2NO2. The fourth-order valence-electron chi connectivity index (χ4n) is 1.75. The molecule has 0 aliphatic rings. The molecule has 0 aliphatic carbocycles. The number of hydrogen-bond donors (Lipinski definition) is 2. The van der Waals surface area contributed by atoms with Crippen molar-refractivity contribution in [3.8, 4) is 11.8 Å². The lowest BCUT2D eigenvalue weighted by Crippen LogP contribution is -2.13. The molecule has 2 aromatic rings. The highest BCUT2D eigenvalue weighted by Crippen LogP contribution is 2.23. The van der Waals surface area contributed by atoms with Crippen molar-refractivity contribution in [2.75, 3.05) is 11.9 Å². The Morgan fingerprint density at radius 1 is 1.14 bits per heavy atom. The van der Waals surface area contributed by atoms with Gasteiger partial charge in [-0.1, -0.05) is 47.2 Å². The monoisotopic (exact) mass is 319 g/mol. The third kappa shape index (κ3) is 4.24. The Morgan fingerprint density at radius 3 is 2.48 bits per heavy atom. The van der Waals surface area contributed by atoms with Gasteiger partial charge in [0, 0.05) is 21.3 Å². The molecule has 2 N–H and O–H groups in total. The molecule has 106 valence electrons. The Kier molecular flexibility index (Phi) is 5.24. The summed E-state index contributed by atoms with van der Waals surface area (Å²) < 4.78 is 0. The van der Waals surface area contributed by atoms with Crippen LogP contribution < -0.4 is 5.32 Å². The number of aliphatic hydroxyl groups is 1. The quantitative estimate of drug-likeness (QED) is 0.831. The van der Waals surface area contributed by atoms with Crippen molar-refractivity contribution in [1.29, 1.82) is 0 Å². The minimum absolute atomic E-state index is 0.264. The SMILES string of the molecule is O=C(Nc1cc(Cl)cc(Cl)c1)c1ccccc1C#CCO. The number of halogens is 2. The predicted octanol–water partition coefficient (Wildman–Crippen LogP) is 3.59. The second kappa shape index (κ2) is 7.14. The Balaban J connectivity index is 2.28. The number of amides is 1. The second-order valence-electron chi connectivity index (χ2n) is 4.12. The summed E-state index contributed by atoms with van der Waals surface area (Å²) in [6.07, 6.45) is 0. The number of hydrogen-bond acceptors (Lipinski definition) is 2. The Morgan fingerprint density at radius 2 is 1.81 bits per heavy atom. The second-order valence-corrected chi connectivity index (χ2v) is 4.99. The molecule has 0 heterocycles. The standard InChI is InChI=1S/C16H11Cl2NO2/c17-12-8-13(18)10-14(9-12)19-16(21)15-6-2-1-4-11(15)5-3-7-20/h1-2,4,6,8-10,20H,7H2,(H,19,21). The molecule has 0 fully saturated rings. The lowest BCUT2D eigenvalue weighted by Gasteiger charge is -2.08. The van der Waals surface area contributed by atoms with E-state index in [-0.39, 0.29) is 12.5 Å². The summed E-state index contributed by atoms with van der Waals surface area (Å²) in [4.78, 5) is 12.3. The summed E-state index contributed by atoms with van der Waals surface area (Å²) >= 11 is 11.8. The van der Waals surface area contributed by atoms with Gasteiger partial charge >= 0.3 is 0 Å². The highest BCUT2D eigenvalue weighted by atomic mass is 35.5. The van der Waals surface area contributed by atoms with E-state index in [0.29, 0.717) is 26.9 Å². The minimum atomic E-state index is -0.323. The fraction of sp³-hybridized carbons (Fsp3) is 0.0625. The highest BCUT2D eigenvalue weighted by molar-refractivity contribution is 6.35. The van der Waals surface area contributed by atoms with E-state index in [2.05, 4.69) is 17.2 Å². The van der Waals surface area contributed by atoms with Gasteiger partial charge in [-0.2, -0.15) is 0 Å². The molecule has 0 aliphatic heterocycles. The van der Waals surface area contributed by atoms with Crippen LogP contribution in [0.5, 0.6) is 0 Å². The van der Waals surface area contributed by atoms with Crippen molar-refractivity contribution < 1.29 is 9.90 Å². The number of carbonyl (C=O) groups is 1. The van der Waals surface area contributed by atoms with Crippen molar-refractivity contribution >= 4 is 34.8 Å². The van der Waals surface area contributed by atoms with Gasteiger partial charge in [0.25, 0.3) is 5.91 Å². The van der Waals surface area contributed by atoms with Crippen LogP contribution in [0.25, 0.3) is 0 Å². The zero-order chi connectivity index (χ0) is 15.2. The highest BCUT2D eigenvalue weighted by Gasteiger charge is 2.10. The van der Waals surface area contributed by atoms with E-state index in [0.717, 1.165) is 0 Å². The lowest BCUT2D eigenvalue weighted by atomic mass is 10.1. The van der Waals surface area contributed by atoms with E-state index < -0.39 is 0 Å². The Labute approximate surface area is 132 Å². The van der Waals surface area contributed by atoms with Gasteiger partial charge in [-0.3, -0.25) is 4.79 Å². The molecule has 0 atom stereocenters. The number of anilines is 1. The van der Waals surface area contributed by atoms with Crippen molar-refractivity contribution in [2.24, 2.45) is 0 Å². The predicted molar refractivity (Wildman–Crippen MR) is 84.8 cm³/mol. The molecule has 21 heavy (non-hydrogen) atoms. The molecular weight excluding hydrogens is 309 g/mol. The molecule has 0 saturated carbocycles. The smallest absolute Gasteiger partial charge is 0.256 e. The van der Waals surface area contributed by atoms with E-state index in [1.54, 1.807) is 42.5 Å². The summed E-state index contributed by atoms with van der Waals surface area (Å²) in [6.45, 7) is -0.264. The van der Waals surface area contributed by atoms with Gasteiger partial charge in [-0.25, -0.2) is 0 Å². The normalized spacial score (nSPS) is 9.67. The fourth-order valence-corrected chi connectivity index (χ4v) is 2.28. The molecule has 0 unspecified atom stereocenters. The zero-order valence-electron chi connectivity index (χ0n) is 10.9. The average Bonchev–Trinajstić information content (AvgIpc) is 2.44. The Hall–Kier alpha value is -1.99. The van der Waals surface area contributed by atoms with E-state index in [4.69, 9.17) is 28.3 Å². The van der Waals surface area contributed by atoms with Crippen LogP contribution in [0, 0.1) is 11.8 Å². The van der Waals surface area contributed by atoms with Gasteiger partial charge in [0.05, 0.1) is 5.56 Å². The van der Waals surface area contributed by atoms with Crippen LogP contribution in [-0.4, -0.2) is 17.6 Å². The molecule has 0 aromatic heterocycles. The van der Waals surface area contributed by atoms with Gasteiger partial charge in [0.1, 0.15) is 6.61 Å². The first-order valence-corrected chi connectivity index (χ1v) is 6.82. The van der Waals surface area contributed by atoms with E-state index in [9.17, 15) is 4.79 Å². The lowest BCUT2D eigenvalue weighted by molar-refractivity contribution is 0.102. The molecule has 0 bridgehead atoms. The van der Waals surface area contributed by atoms with Crippen LogP contribution in [0.2, 0.25) is 10.0 Å². The number of benzene rings is 2. The molecule has 3 nitrogen and oxygen atoms in total. The van der Waals surface area contributed by atoms with Crippen LogP contribution >= 0.6 is 23.2 Å². The topological polar surface area (TPSA) is 49.3 Å². The van der Waals surface area contributed by atoms with Crippen LogP contribution in [0.15, 0.2) is 42.5 Å². The van der Waals surface area contributed by atoms with E-state index in [1.807, 2.05) is 0 Å². The maximum Gasteiger partial charge on any atom is 0.256 e. The van der Waals surface area contributed by atoms with E-state index >= 15 is 0 Å². The number of nitrogens with one attached hydrogen (secondary N) is 1. The first-order chi connectivity index (χ1) is 10.1. The summed E-state index contributed by atoms with van der Waals surface area (Å²) in [7, 11) is 0. The van der Waals surface area contributed by atoms with Crippen molar-refractivity contribution in [3.63, 3.8) is 0 Å². The first kappa shape index (κ1) is 15.4. The van der Waals surface area contributed by atoms with Gasteiger partial charge in [0.15, 0.2) is 0 Å². The van der Waals surface area contributed by atoms with Crippen LogP contribution in [0.1, 0.15) is 15.9 Å². The zero-order valence-corrected chi connectivity index (χ0v) is 12.4. The number of aliphatic hydroxyl groups excluding tert-OH is 1.